The van der Waals surface area contributed by atoms with Crippen molar-refractivity contribution >= 4 is 39.2 Å². The van der Waals surface area contributed by atoms with Gasteiger partial charge in [-0.15, -0.1) is 21.5 Å². The average molecular weight is 479 g/mol. The predicted octanol–water partition coefficient (Wildman–Crippen LogP) is 3.92. The lowest BCUT2D eigenvalue weighted by atomic mass is 10.2. The molecule has 1 N–H and O–H groups in total. The molecular formula is C22H18N6O3S2. The summed E-state index contributed by atoms with van der Waals surface area (Å²) in [5.74, 6) is 1.28. The first kappa shape index (κ1) is 21.3. The molecule has 9 nitrogen and oxygen atoms in total. The number of aromatic nitrogens is 5. The summed E-state index contributed by atoms with van der Waals surface area (Å²) in [6.45, 7) is 0.149. The maximum atomic E-state index is 12.2. The largest absolute Gasteiger partial charge is 0.416 e. The van der Waals surface area contributed by atoms with E-state index in [1.807, 2.05) is 48.5 Å². The Bertz CT molecular complexity index is 1330. The minimum absolute atomic E-state index is 0.138. The molecule has 0 saturated carbocycles. The van der Waals surface area contributed by atoms with Crippen LogP contribution in [-0.4, -0.2) is 37.0 Å². The van der Waals surface area contributed by atoms with E-state index in [9.17, 15) is 4.79 Å². The van der Waals surface area contributed by atoms with Crippen molar-refractivity contribution in [1.29, 1.82) is 0 Å². The lowest BCUT2D eigenvalue weighted by Crippen LogP contribution is -2.24. The van der Waals surface area contributed by atoms with Crippen LogP contribution in [0.25, 0.3) is 21.6 Å². The van der Waals surface area contributed by atoms with Crippen LogP contribution >= 0.6 is 23.1 Å². The van der Waals surface area contributed by atoms with Crippen molar-refractivity contribution in [3.05, 3.63) is 71.4 Å². The van der Waals surface area contributed by atoms with Crippen molar-refractivity contribution in [2.24, 2.45) is 0 Å². The van der Waals surface area contributed by atoms with Crippen molar-refractivity contribution in [1.82, 2.24) is 30.6 Å². The number of thiazole rings is 1. The monoisotopic (exact) mass is 478 g/mol. The lowest BCUT2D eigenvalue weighted by Gasteiger charge is -1.99. The van der Waals surface area contributed by atoms with Gasteiger partial charge in [0.15, 0.2) is 0 Å². The van der Waals surface area contributed by atoms with Crippen LogP contribution in [0, 0.1) is 0 Å². The fourth-order valence-electron chi connectivity index (χ4n) is 3.02. The van der Waals surface area contributed by atoms with Crippen molar-refractivity contribution in [3.8, 4) is 11.4 Å². The van der Waals surface area contributed by atoms with Gasteiger partial charge < -0.3 is 14.3 Å². The number of nitrogens with one attached hydrogen (secondary N) is 1. The average Bonchev–Trinajstić information content (AvgIpc) is 3.60. The van der Waals surface area contributed by atoms with Gasteiger partial charge in [0.1, 0.15) is 0 Å². The topological polar surface area (TPSA) is 120 Å². The molecular weight excluding hydrogens is 460 g/mol. The molecule has 5 aromatic rings. The van der Waals surface area contributed by atoms with Gasteiger partial charge in [-0.05, 0) is 12.1 Å². The molecule has 0 radical (unpaired) electrons. The highest BCUT2D eigenvalue weighted by Gasteiger charge is 2.13. The van der Waals surface area contributed by atoms with Crippen LogP contribution in [0.4, 0.5) is 0 Å². The summed E-state index contributed by atoms with van der Waals surface area (Å²) in [5, 5.41) is 16.1. The van der Waals surface area contributed by atoms with E-state index in [4.69, 9.17) is 8.94 Å². The highest BCUT2D eigenvalue weighted by Crippen LogP contribution is 2.23. The van der Waals surface area contributed by atoms with E-state index in [0.717, 1.165) is 27.2 Å². The minimum atomic E-state index is -0.200. The van der Waals surface area contributed by atoms with Gasteiger partial charge in [0.25, 0.3) is 5.22 Å². The highest BCUT2D eigenvalue weighted by atomic mass is 32.2. The number of fused-ring (bicyclic) bond motifs is 1. The Kier molecular flexibility index (Phi) is 6.40. The smallest absolute Gasteiger partial charge is 0.277 e. The van der Waals surface area contributed by atoms with Crippen LogP contribution in [0.1, 0.15) is 16.8 Å². The first-order valence-electron chi connectivity index (χ1n) is 10.2. The Morgan fingerprint density at radius 1 is 0.970 bits per heavy atom. The Morgan fingerprint density at radius 2 is 1.82 bits per heavy atom. The molecule has 0 bridgehead atoms. The maximum Gasteiger partial charge on any atom is 0.277 e. The number of para-hydroxylation sites is 1. The molecule has 2 aromatic carbocycles. The second kappa shape index (κ2) is 9.92. The Labute approximate surface area is 196 Å². The van der Waals surface area contributed by atoms with Crippen LogP contribution in [0.15, 0.2) is 68.8 Å². The lowest BCUT2D eigenvalue weighted by molar-refractivity contribution is -0.118. The molecule has 0 aliphatic heterocycles. The quantitative estimate of drug-likeness (QED) is 0.314. The Morgan fingerprint density at radius 3 is 2.70 bits per heavy atom. The zero-order valence-corrected chi connectivity index (χ0v) is 18.9. The number of thioether (sulfide) groups is 1. The summed E-state index contributed by atoms with van der Waals surface area (Å²) in [6.07, 6.45) is 1.32. The summed E-state index contributed by atoms with van der Waals surface area (Å²) in [6, 6.07) is 17.5. The third-order valence-electron chi connectivity index (χ3n) is 4.60. The van der Waals surface area contributed by atoms with E-state index in [1.165, 1.54) is 11.8 Å². The Hall–Kier alpha value is -3.57. The fourth-order valence-corrected chi connectivity index (χ4v) is 4.60. The molecule has 11 heteroatoms. The van der Waals surface area contributed by atoms with Gasteiger partial charge in [0, 0.05) is 18.4 Å². The molecule has 3 heterocycles. The van der Waals surface area contributed by atoms with E-state index in [-0.39, 0.29) is 18.2 Å². The van der Waals surface area contributed by atoms with Crippen LogP contribution in [0.2, 0.25) is 0 Å². The number of benzene rings is 2. The number of carbonyl (C=O) groups excluding carboxylic acids is 1. The number of rotatable bonds is 9. The zero-order valence-electron chi connectivity index (χ0n) is 17.3. The number of aryl methyl sites for hydroxylation is 2. The zero-order chi connectivity index (χ0) is 22.5. The molecule has 5 rings (SSSR count). The predicted molar refractivity (Wildman–Crippen MR) is 124 cm³/mol. The first-order chi connectivity index (χ1) is 16.2. The molecule has 0 fully saturated rings. The van der Waals surface area contributed by atoms with Gasteiger partial charge in [0.05, 0.1) is 27.5 Å². The van der Waals surface area contributed by atoms with Gasteiger partial charge in [-0.1, -0.05) is 59.4 Å². The van der Waals surface area contributed by atoms with Crippen molar-refractivity contribution in [3.63, 3.8) is 0 Å². The van der Waals surface area contributed by atoms with Gasteiger partial charge in [-0.3, -0.25) is 4.79 Å². The van der Waals surface area contributed by atoms with Gasteiger partial charge in [0.2, 0.25) is 23.5 Å². The molecule has 0 atom stereocenters. The van der Waals surface area contributed by atoms with Gasteiger partial charge in [-0.2, -0.15) is 4.98 Å². The van der Waals surface area contributed by atoms with Crippen LogP contribution in [0.3, 0.4) is 0 Å². The number of carbonyl (C=O) groups is 1. The van der Waals surface area contributed by atoms with Crippen molar-refractivity contribution in [2.75, 3.05) is 5.75 Å². The second-order valence-electron chi connectivity index (χ2n) is 6.98. The van der Waals surface area contributed by atoms with Gasteiger partial charge >= 0.3 is 0 Å². The molecule has 1 amide bonds. The molecule has 0 aliphatic rings. The number of hydrogen-bond donors (Lipinski definition) is 1. The summed E-state index contributed by atoms with van der Waals surface area (Å²) in [7, 11) is 0. The van der Waals surface area contributed by atoms with E-state index in [1.54, 1.807) is 11.3 Å². The summed E-state index contributed by atoms with van der Waals surface area (Å²) < 4.78 is 12.0. The summed E-state index contributed by atoms with van der Waals surface area (Å²) >= 11 is 2.85. The number of hydrogen-bond acceptors (Lipinski definition) is 10. The van der Waals surface area contributed by atoms with Gasteiger partial charge in [-0.25, -0.2) is 4.98 Å². The van der Waals surface area contributed by atoms with Crippen LogP contribution in [-0.2, 0) is 24.2 Å². The molecule has 0 aliphatic carbocycles. The number of nitrogens with zero attached hydrogens (tertiary/aromatic N) is 5. The van der Waals surface area contributed by atoms with Crippen LogP contribution in [0.5, 0.6) is 0 Å². The van der Waals surface area contributed by atoms with Crippen LogP contribution < -0.4 is 5.32 Å². The first-order valence-corrected chi connectivity index (χ1v) is 12.0. The normalized spacial score (nSPS) is 11.2. The summed E-state index contributed by atoms with van der Waals surface area (Å²) in [4.78, 5) is 21.1. The third-order valence-corrected chi connectivity index (χ3v) is 6.52. The van der Waals surface area contributed by atoms with Crippen molar-refractivity contribution < 1.29 is 13.7 Å². The van der Waals surface area contributed by atoms with E-state index in [0.29, 0.717) is 29.2 Å². The standard InChI is InChI=1S/C22H18N6O3S2/c29-17(23-12-19-25-21(28-31-19)14-6-2-1-3-7-14)13-32-22-27-26-18(30-22)10-11-20-24-15-8-4-5-9-16(15)33-20/h1-9H,10-13H2,(H,23,29). The van der Waals surface area contributed by atoms with E-state index >= 15 is 0 Å². The molecule has 33 heavy (non-hydrogen) atoms. The maximum absolute atomic E-state index is 12.2. The molecule has 0 spiro atoms. The molecule has 3 aromatic heterocycles. The third kappa shape index (κ3) is 5.44. The van der Waals surface area contributed by atoms with E-state index in [2.05, 4.69) is 36.7 Å². The van der Waals surface area contributed by atoms with Crippen molar-refractivity contribution in [2.45, 2.75) is 24.6 Å². The number of amides is 1. The summed E-state index contributed by atoms with van der Waals surface area (Å²) in [5.41, 5.74) is 1.85. The van der Waals surface area contributed by atoms with E-state index < -0.39 is 0 Å². The Balaban J connectivity index is 1.06. The SMILES string of the molecule is O=C(CSc1nnc(CCc2nc3ccccc3s2)o1)NCc1nc(-c2ccccc2)no1. The minimum Gasteiger partial charge on any atom is -0.416 e. The highest BCUT2D eigenvalue weighted by molar-refractivity contribution is 7.99. The fraction of sp³-hybridized carbons (Fsp3) is 0.182. The molecule has 0 saturated heterocycles. The molecule has 0 unspecified atom stereocenters. The molecule has 166 valence electrons. The second-order valence-corrected chi connectivity index (χ2v) is 9.02.